The van der Waals surface area contributed by atoms with Crippen molar-refractivity contribution in [3.05, 3.63) is 45.3 Å². The van der Waals surface area contributed by atoms with Gasteiger partial charge in [-0.2, -0.15) is 4.98 Å². The van der Waals surface area contributed by atoms with Gasteiger partial charge < -0.3 is 10.1 Å². The van der Waals surface area contributed by atoms with Gasteiger partial charge in [-0.05, 0) is 54.8 Å². The lowest BCUT2D eigenvalue weighted by molar-refractivity contribution is 0.439. The third-order valence-corrected chi connectivity index (χ3v) is 3.10. The molecule has 0 fully saturated rings. The molecule has 0 saturated heterocycles. The molecule has 1 aromatic carbocycles. The van der Waals surface area contributed by atoms with Crippen molar-refractivity contribution in [2.24, 2.45) is 0 Å². The van der Waals surface area contributed by atoms with Gasteiger partial charge in [0.1, 0.15) is 5.75 Å². The molecule has 0 unspecified atom stereocenters. The van der Waals surface area contributed by atoms with E-state index in [1.807, 2.05) is 38.2 Å². The highest BCUT2D eigenvalue weighted by Crippen LogP contribution is 2.20. The molecule has 0 saturated carbocycles. The molecule has 0 spiro atoms. The van der Waals surface area contributed by atoms with Gasteiger partial charge in [0.25, 0.3) is 0 Å². The van der Waals surface area contributed by atoms with Crippen LogP contribution in [0.3, 0.4) is 0 Å². The Morgan fingerprint density at radius 3 is 2.89 bits per heavy atom. The van der Waals surface area contributed by atoms with E-state index in [0.29, 0.717) is 6.01 Å². The van der Waals surface area contributed by atoms with Crippen molar-refractivity contribution >= 4 is 22.6 Å². The van der Waals surface area contributed by atoms with E-state index < -0.39 is 0 Å². The number of nitrogens with zero attached hydrogens (tertiary/aromatic N) is 2. The van der Waals surface area contributed by atoms with Gasteiger partial charge in [0.2, 0.25) is 0 Å². The van der Waals surface area contributed by atoms with Crippen LogP contribution in [0, 0.1) is 10.5 Å². The molecule has 4 nitrogen and oxygen atoms in total. The second kappa shape index (κ2) is 6.10. The Labute approximate surface area is 120 Å². The van der Waals surface area contributed by atoms with Crippen LogP contribution in [0.15, 0.2) is 30.5 Å². The Morgan fingerprint density at radius 1 is 1.39 bits per heavy atom. The molecule has 2 rings (SSSR count). The Hall–Kier alpha value is -1.21. The second-order valence-corrected chi connectivity index (χ2v) is 5.10. The lowest BCUT2D eigenvalue weighted by Gasteiger charge is -2.07. The number of hydrogen-bond acceptors (Lipinski definition) is 4. The van der Waals surface area contributed by atoms with Crippen molar-refractivity contribution in [1.82, 2.24) is 15.3 Å². The fourth-order valence-electron chi connectivity index (χ4n) is 1.52. The summed E-state index contributed by atoms with van der Waals surface area (Å²) in [5.74, 6) is 0.752. The molecule has 0 aliphatic rings. The van der Waals surface area contributed by atoms with Crippen molar-refractivity contribution in [2.45, 2.75) is 13.5 Å². The zero-order chi connectivity index (χ0) is 13.0. The van der Waals surface area contributed by atoms with Gasteiger partial charge in [-0.25, -0.2) is 4.98 Å². The lowest BCUT2D eigenvalue weighted by atomic mass is 10.2. The topological polar surface area (TPSA) is 47.0 Å². The number of aryl methyl sites for hydroxylation is 1. The van der Waals surface area contributed by atoms with Crippen LogP contribution in [0.25, 0.3) is 0 Å². The first-order chi connectivity index (χ1) is 8.69. The van der Waals surface area contributed by atoms with E-state index in [-0.39, 0.29) is 0 Å². The van der Waals surface area contributed by atoms with Crippen LogP contribution in [-0.2, 0) is 6.54 Å². The maximum absolute atomic E-state index is 5.63. The lowest BCUT2D eigenvalue weighted by Crippen LogP contribution is -2.08. The summed E-state index contributed by atoms with van der Waals surface area (Å²) < 4.78 is 6.74. The van der Waals surface area contributed by atoms with Crippen molar-refractivity contribution in [3.8, 4) is 11.8 Å². The van der Waals surface area contributed by atoms with Gasteiger partial charge in [-0.15, -0.1) is 0 Å². The molecule has 18 heavy (non-hydrogen) atoms. The summed E-state index contributed by atoms with van der Waals surface area (Å²) in [7, 11) is 1.90. The average Bonchev–Trinajstić information content (AvgIpc) is 2.33. The van der Waals surface area contributed by atoms with E-state index in [2.05, 4.69) is 37.9 Å². The van der Waals surface area contributed by atoms with Gasteiger partial charge >= 0.3 is 6.01 Å². The first-order valence-electron chi connectivity index (χ1n) is 5.59. The highest BCUT2D eigenvalue weighted by Gasteiger charge is 2.05. The summed E-state index contributed by atoms with van der Waals surface area (Å²) in [5.41, 5.74) is 2.01. The van der Waals surface area contributed by atoms with Crippen LogP contribution < -0.4 is 10.1 Å². The highest BCUT2D eigenvalue weighted by atomic mass is 127. The molecular formula is C13H14IN3O. The normalized spacial score (nSPS) is 10.4. The van der Waals surface area contributed by atoms with Crippen molar-refractivity contribution in [2.75, 3.05) is 7.05 Å². The first-order valence-corrected chi connectivity index (χ1v) is 6.67. The summed E-state index contributed by atoms with van der Waals surface area (Å²) in [6, 6.07) is 8.17. The average molecular weight is 355 g/mol. The standard InChI is InChI=1S/C13H14IN3O/c1-9-10(7-15-2)8-16-13(17-9)18-12-5-3-4-11(14)6-12/h3-6,8,15H,7H2,1-2H3. The quantitative estimate of drug-likeness (QED) is 0.857. The van der Waals surface area contributed by atoms with E-state index in [0.717, 1.165) is 27.1 Å². The Bertz CT molecular complexity index is 546. The molecule has 1 heterocycles. The van der Waals surface area contributed by atoms with E-state index >= 15 is 0 Å². The fraction of sp³-hybridized carbons (Fsp3) is 0.231. The van der Waals surface area contributed by atoms with E-state index in [9.17, 15) is 0 Å². The molecule has 5 heteroatoms. The van der Waals surface area contributed by atoms with Crippen LogP contribution in [-0.4, -0.2) is 17.0 Å². The number of rotatable bonds is 4. The maximum atomic E-state index is 5.63. The molecule has 1 N–H and O–H groups in total. The number of benzene rings is 1. The number of aromatic nitrogens is 2. The molecule has 0 radical (unpaired) electrons. The van der Waals surface area contributed by atoms with E-state index in [1.54, 1.807) is 6.20 Å². The molecule has 94 valence electrons. The van der Waals surface area contributed by atoms with Crippen molar-refractivity contribution in [3.63, 3.8) is 0 Å². The van der Waals surface area contributed by atoms with Crippen molar-refractivity contribution < 1.29 is 4.74 Å². The van der Waals surface area contributed by atoms with Gasteiger partial charge in [0.15, 0.2) is 0 Å². The van der Waals surface area contributed by atoms with Gasteiger partial charge in [0.05, 0.1) is 0 Å². The minimum Gasteiger partial charge on any atom is -0.424 e. The van der Waals surface area contributed by atoms with E-state index in [4.69, 9.17) is 4.74 Å². The Kier molecular flexibility index (Phi) is 4.48. The summed E-state index contributed by atoms with van der Waals surface area (Å²) in [5, 5.41) is 3.08. The molecule has 0 amide bonds. The summed E-state index contributed by atoms with van der Waals surface area (Å²) in [6.45, 7) is 2.71. The van der Waals surface area contributed by atoms with E-state index in [1.165, 1.54) is 0 Å². The third kappa shape index (κ3) is 3.39. The van der Waals surface area contributed by atoms with Gasteiger partial charge in [0, 0.05) is 27.6 Å². The molecule has 0 bridgehead atoms. The molecule has 2 aromatic rings. The predicted octanol–water partition coefficient (Wildman–Crippen LogP) is 2.90. The summed E-state index contributed by atoms with van der Waals surface area (Å²) in [4.78, 5) is 8.55. The zero-order valence-electron chi connectivity index (χ0n) is 10.3. The molecule has 1 aromatic heterocycles. The van der Waals surface area contributed by atoms with Crippen LogP contribution in [0.2, 0.25) is 0 Å². The van der Waals surface area contributed by atoms with Crippen LogP contribution in [0.1, 0.15) is 11.3 Å². The third-order valence-electron chi connectivity index (χ3n) is 2.43. The number of ether oxygens (including phenoxy) is 1. The zero-order valence-corrected chi connectivity index (χ0v) is 12.4. The Balaban J connectivity index is 2.17. The number of hydrogen-bond donors (Lipinski definition) is 1. The monoisotopic (exact) mass is 355 g/mol. The SMILES string of the molecule is CNCc1cnc(Oc2cccc(I)c2)nc1C. The molecule has 0 aliphatic heterocycles. The summed E-state index contributed by atoms with van der Waals surface area (Å²) >= 11 is 2.24. The number of halogens is 1. The first kappa shape index (κ1) is 13.2. The minimum absolute atomic E-state index is 0.384. The molecular weight excluding hydrogens is 341 g/mol. The largest absolute Gasteiger partial charge is 0.424 e. The van der Waals surface area contributed by atoms with Crippen LogP contribution in [0.4, 0.5) is 0 Å². The van der Waals surface area contributed by atoms with Crippen LogP contribution >= 0.6 is 22.6 Å². The smallest absolute Gasteiger partial charge is 0.322 e. The molecule has 0 atom stereocenters. The summed E-state index contributed by atoms with van der Waals surface area (Å²) in [6.07, 6.45) is 1.79. The minimum atomic E-state index is 0.384. The molecule has 0 aliphatic carbocycles. The highest BCUT2D eigenvalue weighted by molar-refractivity contribution is 14.1. The van der Waals surface area contributed by atoms with Gasteiger partial charge in [-0.1, -0.05) is 6.07 Å². The van der Waals surface area contributed by atoms with Gasteiger partial charge in [-0.3, -0.25) is 0 Å². The number of nitrogens with one attached hydrogen (secondary N) is 1. The fourth-order valence-corrected chi connectivity index (χ4v) is 2.03. The van der Waals surface area contributed by atoms with Crippen LogP contribution in [0.5, 0.6) is 11.8 Å². The predicted molar refractivity (Wildman–Crippen MR) is 78.8 cm³/mol. The Morgan fingerprint density at radius 2 is 2.22 bits per heavy atom. The maximum Gasteiger partial charge on any atom is 0.322 e. The second-order valence-electron chi connectivity index (χ2n) is 3.85. The van der Waals surface area contributed by atoms with Crippen molar-refractivity contribution in [1.29, 1.82) is 0 Å².